The number of nitrogens with zero attached hydrogens (tertiary/aromatic N) is 2. The molecule has 3 rings (SSSR count). The first kappa shape index (κ1) is 10.7. The number of rotatable bonds is 2. The van der Waals surface area contributed by atoms with Gasteiger partial charge in [0.1, 0.15) is 5.82 Å². The van der Waals surface area contributed by atoms with Crippen molar-refractivity contribution in [2.75, 3.05) is 0 Å². The molecule has 0 bridgehead atoms. The summed E-state index contributed by atoms with van der Waals surface area (Å²) in [5.74, 6) is -0.257. The van der Waals surface area contributed by atoms with Crippen LogP contribution in [-0.2, 0) is 0 Å². The van der Waals surface area contributed by atoms with E-state index in [1.807, 2.05) is 18.2 Å². The van der Waals surface area contributed by atoms with E-state index in [-0.39, 0.29) is 5.82 Å². The predicted molar refractivity (Wildman–Crippen MR) is 67.2 cm³/mol. The monoisotopic (exact) mass is 239 g/mol. The van der Waals surface area contributed by atoms with Crippen LogP contribution in [0.3, 0.4) is 0 Å². The molecule has 18 heavy (non-hydrogen) atoms. The molecule has 0 spiro atoms. The molecular formula is C14H10FN3. The third-order valence-corrected chi connectivity index (χ3v) is 2.69. The molecule has 3 aromatic rings. The van der Waals surface area contributed by atoms with E-state index in [0.29, 0.717) is 0 Å². The molecule has 3 nitrogen and oxygen atoms in total. The van der Waals surface area contributed by atoms with E-state index in [1.165, 1.54) is 12.1 Å². The Balaban J connectivity index is 1.96. The van der Waals surface area contributed by atoms with Gasteiger partial charge < -0.3 is 4.98 Å². The second kappa shape index (κ2) is 4.41. The molecule has 4 heteroatoms. The molecule has 2 aromatic heterocycles. The molecule has 0 saturated carbocycles. The summed E-state index contributed by atoms with van der Waals surface area (Å²) in [7, 11) is 0. The number of hydrogen-bond donors (Lipinski definition) is 1. The topological polar surface area (TPSA) is 41.6 Å². The highest BCUT2D eigenvalue weighted by Crippen LogP contribution is 2.21. The smallest absolute Gasteiger partial charge is 0.123 e. The molecule has 0 radical (unpaired) electrons. The van der Waals surface area contributed by atoms with Crippen molar-refractivity contribution in [1.29, 1.82) is 0 Å². The summed E-state index contributed by atoms with van der Waals surface area (Å²) in [6.07, 6.45) is 5.10. The van der Waals surface area contributed by atoms with Crippen LogP contribution in [0.4, 0.5) is 4.39 Å². The highest BCUT2D eigenvalue weighted by molar-refractivity contribution is 5.64. The van der Waals surface area contributed by atoms with E-state index >= 15 is 0 Å². The van der Waals surface area contributed by atoms with Crippen LogP contribution >= 0.6 is 0 Å². The van der Waals surface area contributed by atoms with Crippen LogP contribution in [-0.4, -0.2) is 15.0 Å². The highest BCUT2D eigenvalue weighted by Gasteiger charge is 2.03. The summed E-state index contributed by atoms with van der Waals surface area (Å²) >= 11 is 0. The standard InChI is InChI=1S/C14H10FN3/c15-12-3-1-2-10(6-12)13-5-4-11(7-17-13)14-8-16-9-18-14/h1-9H,(H,16,18). The quantitative estimate of drug-likeness (QED) is 0.745. The normalized spacial score (nSPS) is 10.5. The Morgan fingerprint density at radius 2 is 1.94 bits per heavy atom. The fraction of sp³-hybridized carbons (Fsp3) is 0. The number of pyridine rings is 1. The van der Waals surface area contributed by atoms with Crippen molar-refractivity contribution in [3.8, 4) is 22.5 Å². The van der Waals surface area contributed by atoms with Crippen molar-refractivity contribution in [1.82, 2.24) is 15.0 Å². The fourth-order valence-corrected chi connectivity index (χ4v) is 1.79. The van der Waals surface area contributed by atoms with E-state index in [4.69, 9.17) is 0 Å². The lowest BCUT2D eigenvalue weighted by Crippen LogP contribution is -1.86. The van der Waals surface area contributed by atoms with Gasteiger partial charge in [0.15, 0.2) is 0 Å². The van der Waals surface area contributed by atoms with Gasteiger partial charge in [-0.1, -0.05) is 12.1 Å². The Morgan fingerprint density at radius 1 is 1.00 bits per heavy atom. The second-order valence-corrected chi connectivity index (χ2v) is 3.91. The summed E-state index contributed by atoms with van der Waals surface area (Å²) in [6, 6.07) is 10.2. The number of imidazole rings is 1. The van der Waals surface area contributed by atoms with Gasteiger partial charge in [-0.05, 0) is 24.3 Å². The van der Waals surface area contributed by atoms with E-state index < -0.39 is 0 Å². The van der Waals surface area contributed by atoms with E-state index in [0.717, 1.165) is 22.5 Å². The zero-order valence-electron chi connectivity index (χ0n) is 9.47. The number of aromatic nitrogens is 3. The first-order valence-corrected chi connectivity index (χ1v) is 5.54. The third-order valence-electron chi connectivity index (χ3n) is 2.69. The maximum atomic E-state index is 13.1. The summed E-state index contributed by atoms with van der Waals surface area (Å²) < 4.78 is 13.1. The highest BCUT2D eigenvalue weighted by atomic mass is 19.1. The Morgan fingerprint density at radius 3 is 2.61 bits per heavy atom. The molecule has 0 fully saturated rings. The zero-order valence-corrected chi connectivity index (χ0v) is 9.47. The fourth-order valence-electron chi connectivity index (χ4n) is 1.79. The molecule has 1 aromatic carbocycles. The van der Waals surface area contributed by atoms with Gasteiger partial charge in [-0.15, -0.1) is 0 Å². The first-order valence-electron chi connectivity index (χ1n) is 5.54. The molecule has 0 atom stereocenters. The summed E-state index contributed by atoms with van der Waals surface area (Å²) in [5, 5.41) is 0. The largest absolute Gasteiger partial charge is 0.345 e. The summed E-state index contributed by atoms with van der Waals surface area (Å²) in [4.78, 5) is 11.3. The van der Waals surface area contributed by atoms with Gasteiger partial charge in [0.25, 0.3) is 0 Å². The average molecular weight is 239 g/mol. The second-order valence-electron chi connectivity index (χ2n) is 3.91. The molecule has 0 aliphatic carbocycles. The van der Waals surface area contributed by atoms with Crippen molar-refractivity contribution >= 4 is 0 Å². The Labute approximate surface area is 103 Å². The summed E-state index contributed by atoms with van der Waals surface area (Å²) in [5.41, 5.74) is 3.38. The van der Waals surface area contributed by atoms with Crippen molar-refractivity contribution < 1.29 is 4.39 Å². The predicted octanol–water partition coefficient (Wildman–Crippen LogP) is 3.28. The maximum Gasteiger partial charge on any atom is 0.123 e. The molecule has 0 saturated heterocycles. The van der Waals surface area contributed by atoms with Crippen molar-refractivity contribution in [2.24, 2.45) is 0 Å². The lowest BCUT2D eigenvalue weighted by atomic mass is 10.1. The van der Waals surface area contributed by atoms with Gasteiger partial charge >= 0.3 is 0 Å². The lowest BCUT2D eigenvalue weighted by molar-refractivity contribution is 0.628. The number of nitrogens with one attached hydrogen (secondary N) is 1. The number of aromatic amines is 1. The van der Waals surface area contributed by atoms with Gasteiger partial charge in [0.05, 0.1) is 23.9 Å². The first-order chi connectivity index (χ1) is 8.83. The molecular weight excluding hydrogens is 229 g/mol. The van der Waals surface area contributed by atoms with Crippen LogP contribution in [0.25, 0.3) is 22.5 Å². The van der Waals surface area contributed by atoms with E-state index in [1.54, 1.807) is 24.8 Å². The molecule has 1 N–H and O–H groups in total. The van der Waals surface area contributed by atoms with Gasteiger partial charge in [-0.25, -0.2) is 9.37 Å². The average Bonchev–Trinajstić information content (AvgIpc) is 2.93. The van der Waals surface area contributed by atoms with Gasteiger partial charge in [0, 0.05) is 17.3 Å². The number of hydrogen-bond acceptors (Lipinski definition) is 2. The Bertz CT molecular complexity index is 645. The molecule has 88 valence electrons. The van der Waals surface area contributed by atoms with E-state index in [9.17, 15) is 4.39 Å². The van der Waals surface area contributed by atoms with E-state index in [2.05, 4.69) is 15.0 Å². The van der Waals surface area contributed by atoms with Crippen molar-refractivity contribution in [3.05, 3.63) is 60.9 Å². The van der Waals surface area contributed by atoms with Crippen molar-refractivity contribution in [2.45, 2.75) is 0 Å². The molecule has 0 unspecified atom stereocenters. The van der Waals surface area contributed by atoms with Gasteiger partial charge in [0.2, 0.25) is 0 Å². The third kappa shape index (κ3) is 2.00. The molecule has 2 heterocycles. The number of benzene rings is 1. The number of H-pyrrole nitrogens is 1. The molecule has 0 aliphatic heterocycles. The summed E-state index contributed by atoms with van der Waals surface area (Å²) in [6.45, 7) is 0. The minimum absolute atomic E-state index is 0.257. The van der Waals surface area contributed by atoms with Crippen LogP contribution in [0, 0.1) is 5.82 Å². The number of halogens is 1. The van der Waals surface area contributed by atoms with Crippen LogP contribution in [0.5, 0.6) is 0 Å². The SMILES string of the molecule is Fc1cccc(-c2ccc(-c3cnc[nH]3)cn2)c1. The Kier molecular flexibility index (Phi) is 2.61. The van der Waals surface area contributed by atoms with Gasteiger partial charge in [-0.2, -0.15) is 0 Å². The van der Waals surface area contributed by atoms with Crippen LogP contribution in [0.2, 0.25) is 0 Å². The minimum Gasteiger partial charge on any atom is -0.345 e. The zero-order chi connectivity index (χ0) is 12.4. The Hall–Kier alpha value is -2.49. The van der Waals surface area contributed by atoms with Crippen LogP contribution in [0.15, 0.2) is 55.1 Å². The lowest BCUT2D eigenvalue weighted by Gasteiger charge is -2.02. The van der Waals surface area contributed by atoms with Crippen LogP contribution in [0.1, 0.15) is 0 Å². The van der Waals surface area contributed by atoms with Crippen molar-refractivity contribution in [3.63, 3.8) is 0 Å². The van der Waals surface area contributed by atoms with Crippen LogP contribution < -0.4 is 0 Å². The molecule has 0 amide bonds. The maximum absolute atomic E-state index is 13.1. The molecule has 0 aliphatic rings. The van der Waals surface area contributed by atoms with Gasteiger partial charge in [-0.3, -0.25) is 4.98 Å². The minimum atomic E-state index is -0.257.